The summed E-state index contributed by atoms with van der Waals surface area (Å²) in [4.78, 5) is 41.9. The van der Waals surface area contributed by atoms with Gasteiger partial charge in [0.25, 0.3) is 11.1 Å². The number of hydrogen-bond donors (Lipinski definition) is 0. The molecule has 3 rings (SSSR count). The number of ether oxygens (including phenoxy) is 1. The van der Waals surface area contributed by atoms with Gasteiger partial charge in [0.1, 0.15) is 6.04 Å². The van der Waals surface area contributed by atoms with Crippen LogP contribution in [0, 0.1) is 13.8 Å². The van der Waals surface area contributed by atoms with Gasteiger partial charge in [0, 0.05) is 17.6 Å². The molecule has 2 amide bonds. The van der Waals surface area contributed by atoms with Crippen molar-refractivity contribution in [2.45, 2.75) is 26.8 Å². The summed E-state index contributed by atoms with van der Waals surface area (Å²) >= 11 is 0.822. The molecule has 27 heavy (non-hydrogen) atoms. The van der Waals surface area contributed by atoms with Gasteiger partial charge in [0.2, 0.25) is 0 Å². The SMILES string of the molecule is COC(=O)[C@H](C)N1C(=O)S/C(=C\c2cc(C)n(-c3cccnc3)c2C)C1=O. The van der Waals surface area contributed by atoms with E-state index >= 15 is 0 Å². The monoisotopic (exact) mass is 385 g/mol. The molecule has 0 saturated carbocycles. The topological polar surface area (TPSA) is 81.5 Å². The summed E-state index contributed by atoms with van der Waals surface area (Å²) in [6.45, 7) is 5.37. The molecule has 1 atom stereocenters. The Bertz CT molecular complexity index is 949. The van der Waals surface area contributed by atoms with Crippen molar-refractivity contribution in [3.8, 4) is 5.69 Å². The first-order chi connectivity index (χ1) is 12.8. The number of methoxy groups -OCH3 is 1. The number of imide groups is 1. The van der Waals surface area contributed by atoms with Gasteiger partial charge in [0.15, 0.2) is 0 Å². The van der Waals surface area contributed by atoms with Crippen molar-refractivity contribution in [2.24, 2.45) is 0 Å². The average Bonchev–Trinajstić information content (AvgIpc) is 3.09. The normalized spacial score (nSPS) is 16.9. The smallest absolute Gasteiger partial charge is 0.328 e. The lowest BCUT2D eigenvalue weighted by atomic mass is 10.2. The number of aromatic nitrogens is 2. The Morgan fingerprint density at radius 3 is 2.70 bits per heavy atom. The Morgan fingerprint density at radius 1 is 1.33 bits per heavy atom. The van der Waals surface area contributed by atoms with Gasteiger partial charge in [-0.1, -0.05) is 0 Å². The molecule has 7 nitrogen and oxygen atoms in total. The van der Waals surface area contributed by atoms with Gasteiger partial charge in [-0.25, -0.2) is 4.79 Å². The summed E-state index contributed by atoms with van der Waals surface area (Å²) in [5.41, 5.74) is 3.65. The third kappa shape index (κ3) is 3.40. The second kappa shape index (κ2) is 7.40. The van der Waals surface area contributed by atoms with Gasteiger partial charge in [-0.2, -0.15) is 0 Å². The Labute approximate surface area is 161 Å². The molecule has 1 fully saturated rings. The summed E-state index contributed by atoms with van der Waals surface area (Å²) in [6.07, 6.45) is 5.15. The second-order valence-electron chi connectivity index (χ2n) is 6.12. The van der Waals surface area contributed by atoms with Crippen molar-refractivity contribution in [2.75, 3.05) is 7.11 Å². The zero-order valence-electron chi connectivity index (χ0n) is 15.4. The molecule has 1 aliphatic rings. The highest BCUT2D eigenvalue weighted by molar-refractivity contribution is 8.18. The number of hydrogen-bond acceptors (Lipinski definition) is 6. The van der Waals surface area contributed by atoms with Crippen molar-refractivity contribution < 1.29 is 19.1 Å². The number of esters is 1. The Kier molecular flexibility index (Phi) is 5.18. The van der Waals surface area contributed by atoms with Gasteiger partial charge in [0.05, 0.1) is 23.9 Å². The number of thioether (sulfide) groups is 1. The highest BCUT2D eigenvalue weighted by Crippen LogP contribution is 2.35. The molecule has 0 spiro atoms. The van der Waals surface area contributed by atoms with Crippen LogP contribution in [0.1, 0.15) is 23.9 Å². The molecular formula is C19H19N3O4S. The van der Waals surface area contributed by atoms with E-state index in [0.717, 1.165) is 39.3 Å². The van der Waals surface area contributed by atoms with E-state index in [1.165, 1.54) is 14.0 Å². The minimum atomic E-state index is -0.962. The van der Waals surface area contributed by atoms with Crippen LogP contribution in [0.4, 0.5) is 4.79 Å². The number of carbonyl (C=O) groups excluding carboxylic acids is 3. The van der Waals surface area contributed by atoms with Gasteiger partial charge in [-0.3, -0.25) is 19.5 Å². The van der Waals surface area contributed by atoms with Crippen molar-refractivity contribution in [1.82, 2.24) is 14.5 Å². The van der Waals surface area contributed by atoms with Crippen molar-refractivity contribution in [3.63, 3.8) is 0 Å². The van der Waals surface area contributed by atoms with Gasteiger partial charge < -0.3 is 9.30 Å². The van der Waals surface area contributed by atoms with Crippen molar-refractivity contribution in [3.05, 3.63) is 52.4 Å². The van der Waals surface area contributed by atoms with Crippen LogP contribution in [0.5, 0.6) is 0 Å². The number of carbonyl (C=O) groups is 3. The summed E-state index contributed by atoms with van der Waals surface area (Å²) in [5, 5.41) is -0.481. The van der Waals surface area contributed by atoms with Gasteiger partial charge in [-0.05, 0) is 62.4 Å². The molecule has 3 heterocycles. The molecule has 2 aromatic heterocycles. The predicted molar refractivity (Wildman–Crippen MR) is 102 cm³/mol. The minimum absolute atomic E-state index is 0.280. The highest BCUT2D eigenvalue weighted by Gasteiger charge is 2.41. The van der Waals surface area contributed by atoms with E-state index in [2.05, 4.69) is 9.72 Å². The van der Waals surface area contributed by atoms with E-state index in [9.17, 15) is 14.4 Å². The second-order valence-corrected chi connectivity index (χ2v) is 7.12. The van der Waals surface area contributed by atoms with Crippen LogP contribution in [0.2, 0.25) is 0 Å². The number of nitrogens with zero attached hydrogens (tertiary/aromatic N) is 3. The summed E-state index contributed by atoms with van der Waals surface area (Å²) in [6, 6.07) is 4.78. The standard InChI is InChI=1S/C19H19N3O4S/c1-11-8-14(12(2)21(11)15-6-5-7-20-10-15)9-16-17(23)22(19(25)27-16)13(3)18(24)26-4/h5-10,13H,1-4H3/b16-9-/t13-/m0/s1. The van der Waals surface area contributed by atoms with Crippen molar-refractivity contribution in [1.29, 1.82) is 0 Å². The van der Waals surface area contributed by atoms with Crippen molar-refractivity contribution >= 4 is 35.0 Å². The third-order valence-corrected chi connectivity index (χ3v) is 5.30. The number of rotatable bonds is 4. The van der Waals surface area contributed by atoms with E-state index in [4.69, 9.17) is 0 Å². The molecule has 8 heteroatoms. The van der Waals surface area contributed by atoms with Crippen LogP contribution in [-0.2, 0) is 14.3 Å². The lowest BCUT2D eigenvalue weighted by Crippen LogP contribution is -2.42. The molecule has 140 valence electrons. The molecule has 1 saturated heterocycles. The Balaban J connectivity index is 1.96. The predicted octanol–water partition coefficient (Wildman–Crippen LogP) is 3.09. The zero-order chi connectivity index (χ0) is 19.7. The minimum Gasteiger partial charge on any atom is -0.467 e. The quantitative estimate of drug-likeness (QED) is 0.594. The fourth-order valence-electron chi connectivity index (χ4n) is 3.05. The molecule has 0 radical (unpaired) electrons. The summed E-state index contributed by atoms with van der Waals surface area (Å²) in [7, 11) is 1.22. The largest absolute Gasteiger partial charge is 0.467 e. The lowest BCUT2D eigenvalue weighted by Gasteiger charge is -2.18. The van der Waals surface area contributed by atoms with Crippen LogP contribution in [-0.4, -0.2) is 44.7 Å². The zero-order valence-corrected chi connectivity index (χ0v) is 16.2. The fraction of sp³-hybridized carbons (Fsp3) is 0.263. The molecule has 0 N–H and O–H groups in total. The number of amides is 2. The maximum Gasteiger partial charge on any atom is 0.328 e. The first kappa shape index (κ1) is 18.9. The van der Waals surface area contributed by atoms with E-state index in [1.54, 1.807) is 18.5 Å². The third-order valence-electron chi connectivity index (χ3n) is 4.41. The van der Waals surface area contributed by atoms with Gasteiger partial charge in [-0.15, -0.1) is 0 Å². The van der Waals surface area contributed by atoms with Crippen LogP contribution < -0.4 is 0 Å². The van der Waals surface area contributed by atoms with E-state index in [0.29, 0.717) is 0 Å². The molecule has 0 bridgehead atoms. The van der Waals surface area contributed by atoms with E-state index in [1.807, 2.05) is 36.6 Å². The summed E-state index contributed by atoms with van der Waals surface area (Å²) in [5.74, 6) is -1.12. The van der Waals surface area contributed by atoms with Crippen LogP contribution in [0.3, 0.4) is 0 Å². The number of pyridine rings is 1. The molecule has 2 aromatic rings. The molecule has 0 aromatic carbocycles. The Hall–Kier alpha value is -2.87. The number of aryl methyl sites for hydroxylation is 1. The lowest BCUT2D eigenvalue weighted by molar-refractivity contribution is -0.148. The van der Waals surface area contributed by atoms with Crippen LogP contribution in [0.25, 0.3) is 11.8 Å². The fourth-order valence-corrected chi connectivity index (χ4v) is 3.95. The first-order valence-electron chi connectivity index (χ1n) is 8.29. The van der Waals surface area contributed by atoms with Gasteiger partial charge >= 0.3 is 5.97 Å². The highest BCUT2D eigenvalue weighted by atomic mass is 32.2. The Morgan fingerprint density at radius 2 is 2.07 bits per heavy atom. The summed E-state index contributed by atoms with van der Waals surface area (Å²) < 4.78 is 6.67. The van der Waals surface area contributed by atoms with E-state index < -0.39 is 23.2 Å². The molecule has 1 aliphatic heterocycles. The van der Waals surface area contributed by atoms with Crippen LogP contribution >= 0.6 is 11.8 Å². The van der Waals surface area contributed by atoms with Crippen LogP contribution in [0.15, 0.2) is 35.5 Å². The molecule has 0 aliphatic carbocycles. The van der Waals surface area contributed by atoms with E-state index in [-0.39, 0.29) is 4.91 Å². The molecule has 0 unspecified atom stereocenters. The maximum atomic E-state index is 12.6. The first-order valence-corrected chi connectivity index (χ1v) is 9.11. The average molecular weight is 385 g/mol. The molecular weight excluding hydrogens is 366 g/mol. The maximum absolute atomic E-state index is 12.6.